The van der Waals surface area contributed by atoms with Crippen molar-refractivity contribution in [3.8, 4) is 0 Å². The van der Waals surface area contributed by atoms with E-state index in [2.05, 4.69) is 19.2 Å². The molecule has 1 N–H and O–H groups in total. The number of rotatable bonds is 1. The van der Waals surface area contributed by atoms with Crippen molar-refractivity contribution in [3.05, 3.63) is 0 Å². The van der Waals surface area contributed by atoms with Crippen LogP contribution in [0, 0.1) is 5.41 Å². The molecule has 3 heteroatoms. The Morgan fingerprint density at radius 3 is 3.00 bits per heavy atom. The van der Waals surface area contributed by atoms with Gasteiger partial charge in [-0.2, -0.15) is 0 Å². The smallest absolute Gasteiger partial charge is 0.220 e. The van der Waals surface area contributed by atoms with E-state index in [-0.39, 0.29) is 11.3 Å². The van der Waals surface area contributed by atoms with E-state index in [0.29, 0.717) is 18.6 Å². The average molecular weight is 197 g/mol. The van der Waals surface area contributed by atoms with Crippen molar-refractivity contribution >= 4 is 5.91 Å². The minimum Gasteiger partial charge on any atom is -0.378 e. The molecule has 1 amide bonds. The van der Waals surface area contributed by atoms with E-state index < -0.39 is 0 Å². The molecule has 14 heavy (non-hydrogen) atoms. The molecule has 0 aromatic rings. The third-order valence-electron chi connectivity index (χ3n) is 3.85. The Kier molecular flexibility index (Phi) is 2.52. The maximum Gasteiger partial charge on any atom is 0.220 e. The molecule has 0 saturated carbocycles. The number of nitrogens with one attached hydrogen (secondary N) is 1. The molecule has 2 rings (SSSR count). The van der Waals surface area contributed by atoms with Crippen LogP contribution in [0.1, 0.15) is 39.5 Å². The summed E-state index contributed by atoms with van der Waals surface area (Å²) in [5, 5.41) is 3.03. The predicted molar refractivity (Wildman–Crippen MR) is 53.9 cm³/mol. The van der Waals surface area contributed by atoms with Crippen LogP contribution in [0.2, 0.25) is 0 Å². The fourth-order valence-electron chi connectivity index (χ4n) is 2.78. The maximum absolute atomic E-state index is 11.4. The van der Waals surface area contributed by atoms with Gasteiger partial charge in [-0.25, -0.2) is 0 Å². The second-order valence-corrected chi connectivity index (χ2v) is 4.68. The average Bonchev–Trinajstić information content (AvgIpc) is 2.42. The molecule has 0 radical (unpaired) electrons. The number of carbonyl (C=O) groups is 1. The van der Waals surface area contributed by atoms with E-state index in [1.165, 1.54) is 0 Å². The van der Waals surface area contributed by atoms with Crippen LogP contribution >= 0.6 is 0 Å². The Bertz CT molecular complexity index is 241. The molecule has 2 heterocycles. The molecule has 2 saturated heterocycles. The predicted octanol–water partition coefficient (Wildman–Crippen LogP) is 1.47. The minimum atomic E-state index is 0.190. The van der Waals surface area contributed by atoms with Crippen molar-refractivity contribution in [1.29, 1.82) is 0 Å². The molecule has 3 atom stereocenters. The van der Waals surface area contributed by atoms with Crippen molar-refractivity contribution in [2.45, 2.75) is 51.7 Å². The van der Waals surface area contributed by atoms with Gasteiger partial charge in [-0.15, -0.1) is 0 Å². The van der Waals surface area contributed by atoms with Gasteiger partial charge in [0, 0.05) is 24.5 Å². The van der Waals surface area contributed by atoms with Crippen molar-refractivity contribution < 1.29 is 9.53 Å². The molecule has 3 nitrogen and oxygen atoms in total. The Balaban J connectivity index is 2.11. The third kappa shape index (κ3) is 1.54. The summed E-state index contributed by atoms with van der Waals surface area (Å²) < 4.78 is 5.66. The van der Waals surface area contributed by atoms with Crippen LogP contribution < -0.4 is 5.32 Å². The molecule has 0 aromatic carbocycles. The summed E-state index contributed by atoms with van der Waals surface area (Å²) in [4.78, 5) is 11.4. The van der Waals surface area contributed by atoms with Crippen LogP contribution in [0.3, 0.4) is 0 Å². The molecule has 0 aromatic heterocycles. The summed E-state index contributed by atoms with van der Waals surface area (Å²) in [6.07, 6.45) is 4.20. The van der Waals surface area contributed by atoms with Crippen LogP contribution in [-0.4, -0.2) is 24.7 Å². The normalized spacial score (nSPS) is 42.9. The van der Waals surface area contributed by atoms with Gasteiger partial charge < -0.3 is 10.1 Å². The topological polar surface area (TPSA) is 38.3 Å². The largest absolute Gasteiger partial charge is 0.378 e. The van der Waals surface area contributed by atoms with E-state index in [9.17, 15) is 4.79 Å². The number of hydrogen-bond donors (Lipinski definition) is 1. The van der Waals surface area contributed by atoms with Crippen molar-refractivity contribution in [1.82, 2.24) is 5.32 Å². The SMILES string of the molecule is CCC1CC2(CCO1)CC(=O)NC2C. The molecular weight excluding hydrogens is 178 g/mol. The van der Waals surface area contributed by atoms with E-state index >= 15 is 0 Å². The number of amides is 1. The molecule has 2 aliphatic rings. The summed E-state index contributed by atoms with van der Waals surface area (Å²) in [5.41, 5.74) is 0.190. The first-order valence-corrected chi connectivity index (χ1v) is 5.57. The Hall–Kier alpha value is -0.570. The highest BCUT2D eigenvalue weighted by molar-refractivity contribution is 5.79. The monoisotopic (exact) mass is 197 g/mol. The first kappa shape index (κ1) is 9.97. The van der Waals surface area contributed by atoms with Crippen molar-refractivity contribution in [3.63, 3.8) is 0 Å². The zero-order valence-electron chi connectivity index (χ0n) is 9.01. The molecule has 3 unspecified atom stereocenters. The van der Waals surface area contributed by atoms with Gasteiger partial charge in [-0.05, 0) is 26.2 Å². The van der Waals surface area contributed by atoms with E-state index in [1.807, 2.05) is 0 Å². The highest BCUT2D eigenvalue weighted by Crippen LogP contribution is 2.43. The van der Waals surface area contributed by atoms with Gasteiger partial charge in [0.25, 0.3) is 0 Å². The Labute approximate surface area is 85.2 Å². The summed E-state index contributed by atoms with van der Waals surface area (Å²) in [5.74, 6) is 0.217. The fourth-order valence-corrected chi connectivity index (χ4v) is 2.78. The molecule has 1 spiro atoms. The number of carbonyl (C=O) groups excluding carboxylic acids is 1. The van der Waals surface area contributed by atoms with E-state index in [4.69, 9.17) is 4.74 Å². The molecular formula is C11H19NO2. The van der Waals surface area contributed by atoms with Crippen molar-refractivity contribution in [2.24, 2.45) is 5.41 Å². The molecule has 2 fully saturated rings. The molecule has 80 valence electrons. The first-order valence-electron chi connectivity index (χ1n) is 5.57. The lowest BCUT2D eigenvalue weighted by molar-refractivity contribution is -0.120. The zero-order valence-corrected chi connectivity index (χ0v) is 9.01. The van der Waals surface area contributed by atoms with Gasteiger partial charge in [-0.1, -0.05) is 6.92 Å². The Morgan fingerprint density at radius 2 is 2.43 bits per heavy atom. The first-order chi connectivity index (χ1) is 6.66. The maximum atomic E-state index is 11.4. The molecule has 0 bridgehead atoms. The summed E-state index contributed by atoms with van der Waals surface area (Å²) in [7, 11) is 0. The standard InChI is InChI=1S/C11H19NO2/c1-3-9-6-11(4-5-14-9)7-10(13)12-8(11)2/h8-9H,3-7H2,1-2H3,(H,12,13). The van der Waals surface area contributed by atoms with Gasteiger partial charge in [0.1, 0.15) is 0 Å². The lowest BCUT2D eigenvalue weighted by atomic mass is 9.72. The van der Waals surface area contributed by atoms with Gasteiger partial charge in [-0.3, -0.25) is 4.79 Å². The summed E-state index contributed by atoms with van der Waals surface area (Å²) >= 11 is 0. The second-order valence-electron chi connectivity index (χ2n) is 4.68. The second kappa shape index (κ2) is 3.54. The van der Waals surface area contributed by atoms with Gasteiger partial charge >= 0.3 is 0 Å². The fraction of sp³-hybridized carbons (Fsp3) is 0.909. The minimum absolute atomic E-state index is 0.190. The summed E-state index contributed by atoms with van der Waals surface area (Å²) in [6.45, 7) is 5.10. The summed E-state index contributed by atoms with van der Waals surface area (Å²) in [6, 6.07) is 0.327. The Morgan fingerprint density at radius 1 is 1.64 bits per heavy atom. The van der Waals surface area contributed by atoms with Crippen LogP contribution in [-0.2, 0) is 9.53 Å². The number of ether oxygens (including phenoxy) is 1. The van der Waals surface area contributed by atoms with E-state index in [0.717, 1.165) is 25.9 Å². The van der Waals surface area contributed by atoms with Crippen LogP contribution in [0.5, 0.6) is 0 Å². The lowest BCUT2D eigenvalue weighted by Gasteiger charge is -2.39. The highest BCUT2D eigenvalue weighted by Gasteiger charge is 2.47. The van der Waals surface area contributed by atoms with Crippen LogP contribution in [0.4, 0.5) is 0 Å². The van der Waals surface area contributed by atoms with Gasteiger partial charge in [0.15, 0.2) is 0 Å². The van der Waals surface area contributed by atoms with Crippen LogP contribution in [0.15, 0.2) is 0 Å². The van der Waals surface area contributed by atoms with E-state index in [1.54, 1.807) is 0 Å². The van der Waals surface area contributed by atoms with Crippen LogP contribution in [0.25, 0.3) is 0 Å². The third-order valence-corrected chi connectivity index (χ3v) is 3.85. The molecule has 2 aliphatic heterocycles. The number of hydrogen-bond acceptors (Lipinski definition) is 2. The quantitative estimate of drug-likeness (QED) is 0.691. The zero-order chi connectivity index (χ0) is 10.2. The van der Waals surface area contributed by atoms with Gasteiger partial charge in [0.2, 0.25) is 5.91 Å². The van der Waals surface area contributed by atoms with Crippen molar-refractivity contribution in [2.75, 3.05) is 6.61 Å². The molecule has 0 aliphatic carbocycles. The van der Waals surface area contributed by atoms with Gasteiger partial charge in [0.05, 0.1) is 6.10 Å². The lowest BCUT2D eigenvalue weighted by Crippen LogP contribution is -2.42. The highest BCUT2D eigenvalue weighted by atomic mass is 16.5.